The van der Waals surface area contributed by atoms with Gasteiger partial charge in [-0.3, -0.25) is 9.78 Å². The normalized spacial score (nSPS) is 20.6. The third-order valence-electron chi connectivity index (χ3n) is 6.10. The van der Waals surface area contributed by atoms with Crippen molar-refractivity contribution in [2.75, 3.05) is 0 Å². The quantitative estimate of drug-likeness (QED) is 0.626. The summed E-state index contributed by atoms with van der Waals surface area (Å²) in [7, 11) is 0. The third kappa shape index (κ3) is 3.89. The van der Waals surface area contributed by atoms with Crippen molar-refractivity contribution < 1.29 is 9.63 Å². The molecular formula is C26H28N4O2. The van der Waals surface area contributed by atoms with Crippen LogP contribution in [0.1, 0.15) is 46.2 Å². The molecule has 0 saturated carbocycles. The van der Waals surface area contributed by atoms with Gasteiger partial charge in [0.2, 0.25) is 12.1 Å². The number of amides is 1. The van der Waals surface area contributed by atoms with Crippen molar-refractivity contribution in [2.45, 2.75) is 44.9 Å². The summed E-state index contributed by atoms with van der Waals surface area (Å²) >= 11 is 0. The van der Waals surface area contributed by atoms with E-state index in [9.17, 15) is 4.79 Å². The van der Waals surface area contributed by atoms with Crippen LogP contribution >= 0.6 is 0 Å². The molecule has 1 aliphatic rings. The first kappa shape index (κ1) is 21.7. The van der Waals surface area contributed by atoms with Crippen molar-refractivity contribution in [3.05, 3.63) is 100 Å². The molecule has 0 saturated heterocycles. The minimum Gasteiger partial charge on any atom is -0.369 e. The summed E-state index contributed by atoms with van der Waals surface area (Å²) in [6.45, 7) is 6.37. The lowest BCUT2D eigenvalue weighted by atomic mass is 9.73. The van der Waals surface area contributed by atoms with E-state index in [1.807, 2.05) is 43.3 Å². The van der Waals surface area contributed by atoms with E-state index < -0.39 is 17.6 Å². The van der Waals surface area contributed by atoms with Gasteiger partial charge in [0.1, 0.15) is 5.41 Å². The van der Waals surface area contributed by atoms with Gasteiger partial charge in [-0.05, 0) is 55.2 Å². The Morgan fingerprint density at radius 2 is 1.78 bits per heavy atom. The minimum atomic E-state index is -0.775. The summed E-state index contributed by atoms with van der Waals surface area (Å²) in [5.41, 5.74) is 11.2. The number of rotatable bonds is 6. The van der Waals surface area contributed by atoms with E-state index in [2.05, 4.69) is 47.5 Å². The molecule has 1 amide bonds. The SMILES string of the molecule is Cc1cc(C)cc(C2(c3ccncc3)C=NOC2NC(=O)C(C)c2ccccc2CN)c1. The lowest BCUT2D eigenvalue weighted by molar-refractivity contribution is -0.127. The molecule has 0 bridgehead atoms. The average Bonchev–Trinajstić information content (AvgIpc) is 3.22. The van der Waals surface area contributed by atoms with Gasteiger partial charge in [-0.25, -0.2) is 0 Å². The van der Waals surface area contributed by atoms with Crippen molar-refractivity contribution in [3.8, 4) is 0 Å². The van der Waals surface area contributed by atoms with Crippen LogP contribution in [0.2, 0.25) is 0 Å². The molecule has 4 rings (SSSR count). The first-order valence-electron chi connectivity index (χ1n) is 10.7. The minimum absolute atomic E-state index is 0.149. The molecule has 3 unspecified atom stereocenters. The Balaban J connectivity index is 1.73. The number of aryl methyl sites for hydroxylation is 2. The van der Waals surface area contributed by atoms with Crippen LogP contribution in [0.5, 0.6) is 0 Å². The van der Waals surface area contributed by atoms with Gasteiger partial charge < -0.3 is 15.9 Å². The van der Waals surface area contributed by atoms with Crippen LogP contribution in [-0.2, 0) is 21.6 Å². The number of aromatic nitrogens is 1. The number of hydrogen-bond donors (Lipinski definition) is 2. The molecule has 0 fully saturated rings. The summed E-state index contributed by atoms with van der Waals surface area (Å²) in [6.07, 6.45) is 4.56. The van der Waals surface area contributed by atoms with Gasteiger partial charge in [-0.2, -0.15) is 0 Å². The van der Waals surface area contributed by atoms with Crippen molar-refractivity contribution in [2.24, 2.45) is 10.9 Å². The lowest BCUT2D eigenvalue weighted by Crippen LogP contribution is -2.51. The number of benzene rings is 2. The van der Waals surface area contributed by atoms with Crippen molar-refractivity contribution in [3.63, 3.8) is 0 Å². The zero-order chi connectivity index (χ0) is 22.7. The third-order valence-corrected chi connectivity index (χ3v) is 6.10. The predicted octanol–water partition coefficient (Wildman–Crippen LogP) is 3.71. The summed E-state index contributed by atoms with van der Waals surface area (Å²) in [5, 5.41) is 7.28. The maximum absolute atomic E-state index is 13.4. The smallest absolute Gasteiger partial charge is 0.230 e. The van der Waals surface area contributed by atoms with Crippen molar-refractivity contribution in [1.29, 1.82) is 0 Å². The van der Waals surface area contributed by atoms with Gasteiger partial charge in [0.15, 0.2) is 0 Å². The number of nitrogens with two attached hydrogens (primary N) is 1. The van der Waals surface area contributed by atoms with Crippen LogP contribution < -0.4 is 11.1 Å². The predicted molar refractivity (Wildman–Crippen MR) is 125 cm³/mol. The molecule has 164 valence electrons. The van der Waals surface area contributed by atoms with Gasteiger partial charge in [0.25, 0.3) is 0 Å². The van der Waals surface area contributed by atoms with Crippen LogP contribution in [0, 0.1) is 13.8 Å². The number of hydrogen-bond acceptors (Lipinski definition) is 5. The number of nitrogens with one attached hydrogen (secondary N) is 1. The maximum Gasteiger partial charge on any atom is 0.230 e. The van der Waals surface area contributed by atoms with Gasteiger partial charge >= 0.3 is 0 Å². The molecule has 1 aromatic heterocycles. The number of nitrogens with zero attached hydrogens (tertiary/aromatic N) is 2. The monoisotopic (exact) mass is 428 g/mol. The van der Waals surface area contributed by atoms with E-state index in [1.165, 1.54) is 0 Å². The molecule has 3 N–H and O–H groups in total. The second-order valence-corrected chi connectivity index (χ2v) is 8.33. The van der Waals surface area contributed by atoms with E-state index >= 15 is 0 Å². The molecule has 3 atom stereocenters. The van der Waals surface area contributed by atoms with Gasteiger partial charge in [-0.15, -0.1) is 0 Å². The molecule has 3 aromatic rings. The topological polar surface area (TPSA) is 89.6 Å². The molecule has 6 heteroatoms. The van der Waals surface area contributed by atoms with Crippen molar-refractivity contribution in [1.82, 2.24) is 10.3 Å². The first-order valence-corrected chi connectivity index (χ1v) is 10.7. The number of pyridine rings is 1. The average molecular weight is 429 g/mol. The highest BCUT2D eigenvalue weighted by Crippen LogP contribution is 2.39. The second-order valence-electron chi connectivity index (χ2n) is 8.33. The van der Waals surface area contributed by atoms with Crippen molar-refractivity contribution >= 4 is 12.1 Å². The molecule has 6 nitrogen and oxygen atoms in total. The lowest BCUT2D eigenvalue weighted by Gasteiger charge is -2.33. The highest BCUT2D eigenvalue weighted by atomic mass is 16.7. The standard InChI is InChI=1S/C26H28N4O2/c1-17-12-18(2)14-22(13-17)26(21-8-10-28-11-9-21)16-29-32-25(26)30-24(31)19(3)23-7-5-4-6-20(23)15-27/h4-14,16,19,25H,15,27H2,1-3H3,(H,30,31). The van der Waals surface area contributed by atoms with E-state index in [0.29, 0.717) is 6.54 Å². The Hall–Kier alpha value is -3.51. The molecule has 0 spiro atoms. The van der Waals surface area contributed by atoms with Gasteiger partial charge in [0.05, 0.1) is 12.1 Å². The Morgan fingerprint density at radius 3 is 2.47 bits per heavy atom. The van der Waals surface area contributed by atoms with E-state index in [1.54, 1.807) is 18.6 Å². The van der Waals surface area contributed by atoms with Gasteiger partial charge in [-0.1, -0.05) is 58.7 Å². The Morgan fingerprint density at radius 1 is 1.09 bits per heavy atom. The fourth-order valence-corrected chi connectivity index (χ4v) is 4.46. The zero-order valence-corrected chi connectivity index (χ0v) is 18.6. The van der Waals surface area contributed by atoms with E-state index in [0.717, 1.165) is 33.4 Å². The molecule has 0 aliphatic carbocycles. The number of carbonyl (C=O) groups excluding carboxylic acids is 1. The van der Waals surface area contributed by atoms with Gasteiger partial charge in [0, 0.05) is 18.9 Å². The zero-order valence-electron chi connectivity index (χ0n) is 18.6. The Labute approximate surface area is 188 Å². The fourth-order valence-electron chi connectivity index (χ4n) is 4.46. The van der Waals surface area contributed by atoms with Crippen LogP contribution in [0.15, 0.2) is 72.1 Å². The molecule has 2 aromatic carbocycles. The summed E-state index contributed by atoms with van der Waals surface area (Å²) < 4.78 is 0. The van der Waals surface area contributed by atoms with Crippen LogP contribution in [0.4, 0.5) is 0 Å². The molecule has 0 radical (unpaired) electrons. The van der Waals surface area contributed by atoms with Crippen LogP contribution in [-0.4, -0.2) is 23.3 Å². The molecular weight excluding hydrogens is 400 g/mol. The number of carbonyl (C=O) groups is 1. The highest BCUT2D eigenvalue weighted by molar-refractivity contribution is 5.87. The molecule has 1 aliphatic heterocycles. The van der Waals surface area contributed by atoms with E-state index in [-0.39, 0.29) is 5.91 Å². The summed E-state index contributed by atoms with van der Waals surface area (Å²) in [4.78, 5) is 23.3. The number of oxime groups is 1. The summed E-state index contributed by atoms with van der Waals surface area (Å²) in [5.74, 6) is -0.544. The maximum atomic E-state index is 13.4. The second kappa shape index (κ2) is 8.93. The molecule has 2 heterocycles. The fraction of sp³-hybridized carbons (Fsp3) is 0.269. The highest BCUT2D eigenvalue weighted by Gasteiger charge is 2.48. The van der Waals surface area contributed by atoms with Crippen LogP contribution in [0.25, 0.3) is 0 Å². The Kier molecular flexibility index (Phi) is 6.06. The first-order chi connectivity index (χ1) is 15.5. The van der Waals surface area contributed by atoms with E-state index in [4.69, 9.17) is 10.6 Å². The van der Waals surface area contributed by atoms with Crippen LogP contribution in [0.3, 0.4) is 0 Å². The molecule has 32 heavy (non-hydrogen) atoms. The Bertz CT molecular complexity index is 1130. The summed E-state index contributed by atoms with van der Waals surface area (Å²) in [6, 6.07) is 18.0. The largest absolute Gasteiger partial charge is 0.369 e.